The summed E-state index contributed by atoms with van der Waals surface area (Å²) in [4.78, 5) is 24.0. The minimum atomic E-state index is -0.963. The van der Waals surface area contributed by atoms with Gasteiger partial charge >= 0.3 is 12.1 Å². The highest BCUT2D eigenvalue weighted by Gasteiger charge is 2.29. The Morgan fingerprint density at radius 2 is 1.52 bits per heavy atom. The molecule has 0 spiro atoms. The van der Waals surface area contributed by atoms with Crippen LogP contribution in [0.3, 0.4) is 0 Å². The van der Waals surface area contributed by atoms with E-state index in [1.54, 1.807) is 0 Å². The zero-order valence-electron chi connectivity index (χ0n) is 16.8. The van der Waals surface area contributed by atoms with Gasteiger partial charge in [0.2, 0.25) is 0 Å². The number of halogens is 1. The van der Waals surface area contributed by atoms with Crippen molar-refractivity contribution in [2.75, 3.05) is 13.2 Å². The number of ether oxygens (including phenoxy) is 1. The van der Waals surface area contributed by atoms with Gasteiger partial charge in [0.25, 0.3) is 0 Å². The molecule has 0 aliphatic heterocycles. The fraction of sp³-hybridized carbons (Fsp3) is 0.200. The smallest absolute Gasteiger partial charge is 0.407 e. The van der Waals surface area contributed by atoms with Gasteiger partial charge in [-0.15, -0.1) is 0 Å². The van der Waals surface area contributed by atoms with E-state index in [4.69, 9.17) is 4.74 Å². The van der Waals surface area contributed by atoms with Crippen LogP contribution >= 0.6 is 15.9 Å². The first-order valence-electron chi connectivity index (χ1n) is 10.1. The second-order valence-corrected chi connectivity index (χ2v) is 8.39. The summed E-state index contributed by atoms with van der Waals surface area (Å²) in [7, 11) is 0. The summed E-state index contributed by atoms with van der Waals surface area (Å²) in [6, 6.07) is 23.7. The van der Waals surface area contributed by atoms with E-state index in [-0.39, 0.29) is 19.1 Å². The SMILES string of the molecule is O=C(NC[C@@H](Cc1ccccc1Br)C(=O)O)OCC1c2ccccc2-c2ccccc21. The van der Waals surface area contributed by atoms with Crippen LogP contribution in [-0.4, -0.2) is 30.3 Å². The lowest BCUT2D eigenvalue weighted by Crippen LogP contribution is -2.35. The van der Waals surface area contributed by atoms with E-state index in [1.807, 2.05) is 48.5 Å². The lowest BCUT2D eigenvalue weighted by atomic mass is 9.98. The van der Waals surface area contributed by atoms with Crippen molar-refractivity contribution in [2.24, 2.45) is 5.92 Å². The molecular formula is C25H22BrNO4. The molecule has 2 N–H and O–H groups in total. The van der Waals surface area contributed by atoms with E-state index in [2.05, 4.69) is 45.5 Å². The van der Waals surface area contributed by atoms with Gasteiger partial charge in [0.15, 0.2) is 0 Å². The Morgan fingerprint density at radius 3 is 2.13 bits per heavy atom. The molecule has 158 valence electrons. The standard InChI is InChI=1S/C25H22BrNO4/c26-23-12-6-1-7-16(23)13-17(24(28)29)14-27-25(30)31-15-22-20-10-4-2-8-18(20)19-9-3-5-11-21(19)22/h1-12,17,22H,13-15H2,(H,27,30)(H,28,29)/t17-/m1/s1. The van der Waals surface area contributed by atoms with Crippen LogP contribution < -0.4 is 5.32 Å². The largest absolute Gasteiger partial charge is 0.481 e. The molecule has 1 amide bonds. The molecular weight excluding hydrogens is 458 g/mol. The molecule has 0 radical (unpaired) electrons. The van der Waals surface area contributed by atoms with Gasteiger partial charge in [-0.3, -0.25) is 4.79 Å². The van der Waals surface area contributed by atoms with Crippen LogP contribution in [0.25, 0.3) is 11.1 Å². The Labute approximate surface area is 189 Å². The Morgan fingerprint density at radius 1 is 0.935 bits per heavy atom. The van der Waals surface area contributed by atoms with E-state index in [0.29, 0.717) is 6.42 Å². The number of hydrogen-bond acceptors (Lipinski definition) is 3. The average Bonchev–Trinajstić information content (AvgIpc) is 3.10. The molecule has 3 aromatic rings. The van der Waals surface area contributed by atoms with E-state index in [0.717, 1.165) is 32.3 Å². The molecule has 0 saturated carbocycles. The maximum Gasteiger partial charge on any atom is 0.407 e. The van der Waals surface area contributed by atoms with Crippen LogP contribution in [-0.2, 0) is 16.0 Å². The molecule has 4 rings (SSSR count). The second kappa shape index (κ2) is 9.35. The Kier molecular flexibility index (Phi) is 6.37. The zero-order chi connectivity index (χ0) is 21.8. The average molecular weight is 480 g/mol. The Hall–Kier alpha value is -3.12. The molecule has 0 heterocycles. The molecule has 0 aromatic heterocycles. The van der Waals surface area contributed by atoms with Gasteiger partial charge in [-0.25, -0.2) is 4.79 Å². The van der Waals surface area contributed by atoms with Crippen molar-refractivity contribution in [2.45, 2.75) is 12.3 Å². The molecule has 3 aromatic carbocycles. The number of carbonyl (C=O) groups is 2. The molecule has 0 saturated heterocycles. The molecule has 0 fully saturated rings. The first kappa shape index (κ1) is 21.1. The van der Waals surface area contributed by atoms with E-state index in [9.17, 15) is 14.7 Å². The normalized spacial score (nSPS) is 13.2. The number of aliphatic carboxylic acids is 1. The summed E-state index contributed by atoms with van der Waals surface area (Å²) >= 11 is 3.44. The molecule has 31 heavy (non-hydrogen) atoms. The van der Waals surface area contributed by atoms with E-state index < -0.39 is 18.0 Å². The van der Waals surface area contributed by atoms with Crippen LogP contribution in [0, 0.1) is 5.92 Å². The van der Waals surface area contributed by atoms with Gasteiger partial charge < -0.3 is 15.2 Å². The number of benzene rings is 3. The van der Waals surface area contributed by atoms with Gasteiger partial charge in [-0.2, -0.15) is 0 Å². The Balaban J connectivity index is 1.37. The zero-order valence-corrected chi connectivity index (χ0v) is 18.3. The highest BCUT2D eigenvalue weighted by molar-refractivity contribution is 9.10. The van der Waals surface area contributed by atoms with Gasteiger partial charge in [0.05, 0.1) is 5.92 Å². The number of carbonyl (C=O) groups excluding carboxylic acids is 1. The van der Waals surface area contributed by atoms with Crippen molar-refractivity contribution in [3.05, 3.63) is 94.0 Å². The number of amides is 1. The number of carboxylic acids is 1. The minimum Gasteiger partial charge on any atom is -0.481 e. The van der Waals surface area contributed by atoms with Gasteiger partial charge in [0.1, 0.15) is 6.61 Å². The fourth-order valence-corrected chi connectivity index (χ4v) is 4.48. The predicted octanol–water partition coefficient (Wildman–Crippen LogP) is 5.23. The van der Waals surface area contributed by atoms with Crippen LogP contribution in [0.2, 0.25) is 0 Å². The van der Waals surface area contributed by atoms with Crippen molar-refractivity contribution in [1.82, 2.24) is 5.32 Å². The van der Waals surface area contributed by atoms with Crippen molar-refractivity contribution in [1.29, 1.82) is 0 Å². The van der Waals surface area contributed by atoms with E-state index in [1.165, 1.54) is 0 Å². The maximum absolute atomic E-state index is 12.3. The molecule has 1 aliphatic rings. The lowest BCUT2D eigenvalue weighted by molar-refractivity contribution is -0.141. The third-order valence-corrected chi connectivity index (χ3v) is 6.38. The maximum atomic E-state index is 12.3. The van der Waals surface area contributed by atoms with E-state index >= 15 is 0 Å². The summed E-state index contributed by atoms with van der Waals surface area (Å²) < 4.78 is 6.34. The molecule has 5 nitrogen and oxygen atoms in total. The van der Waals surface area contributed by atoms with Crippen LogP contribution in [0.1, 0.15) is 22.6 Å². The summed E-state index contributed by atoms with van der Waals surface area (Å²) in [5, 5.41) is 12.2. The number of carboxylic acid groups (broad SMARTS) is 1. The van der Waals surface area contributed by atoms with Crippen LogP contribution in [0.4, 0.5) is 4.79 Å². The number of nitrogens with one attached hydrogen (secondary N) is 1. The summed E-state index contributed by atoms with van der Waals surface area (Å²) in [5.74, 6) is -1.75. The summed E-state index contributed by atoms with van der Waals surface area (Å²) in [5.41, 5.74) is 5.46. The van der Waals surface area contributed by atoms with Crippen molar-refractivity contribution >= 4 is 28.0 Å². The van der Waals surface area contributed by atoms with Gasteiger partial charge in [-0.05, 0) is 40.3 Å². The number of fused-ring (bicyclic) bond motifs is 3. The first-order valence-corrected chi connectivity index (χ1v) is 10.9. The summed E-state index contributed by atoms with van der Waals surface area (Å²) in [6.07, 6.45) is -0.305. The van der Waals surface area contributed by atoms with Crippen LogP contribution in [0.5, 0.6) is 0 Å². The van der Waals surface area contributed by atoms with Crippen molar-refractivity contribution in [3.8, 4) is 11.1 Å². The third-order valence-electron chi connectivity index (χ3n) is 5.61. The quantitative estimate of drug-likeness (QED) is 0.486. The highest BCUT2D eigenvalue weighted by atomic mass is 79.9. The highest BCUT2D eigenvalue weighted by Crippen LogP contribution is 2.44. The molecule has 0 bridgehead atoms. The van der Waals surface area contributed by atoms with Crippen molar-refractivity contribution in [3.63, 3.8) is 0 Å². The number of hydrogen-bond donors (Lipinski definition) is 2. The molecule has 6 heteroatoms. The third kappa shape index (κ3) is 4.64. The molecule has 1 aliphatic carbocycles. The van der Waals surface area contributed by atoms with Crippen molar-refractivity contribution < 1.29 is 19.4 Å². The minimum absolute atomic E-state index is 0.00661. The number of alkyl carbamates (subject to hydrolysis) is 1. The van der Waals surface area contributed by atoms with Gasteiger partial charge in [-0.1, -0.05) is 82.7 Å². The predicted molar refractivity (Wildman–Crippen MR) is 122 cm³/mol. The molecule has 1 atom stereocenters. The monoisotopic (exact) mass is 479 g/mol. The number of rotatable bonds is 7. The lowest BCUT2D eigenvalue weighted by Gasteiger charge is -2.17. The first-order chi connectivity index (χ1) is 15.0. The Bertz CT molecular complexity index is 1070. The molecule has 0 unspecified atom stereocenters. The van der Waals surface area contributed by atoms with Gasteiger partial charge in [0, 0.05) is 16.9 Å². The second-order valence-electron chi connectivity index (χ2n) is 7.54. The summed E-state index contributed by atoms with van der Waals surface area (Å²) in [6.45, 7) is 0.190. The topological polar surface area (TPSA) is 75.6 Å². The van der Waals surface area contributed by atoms with Crippen LogP contribution in [0.15, 0.2) is 77.3 Å². The fourth-order valence-electron chi connectivity index (χ4n) is 4.03.